The molecule has 0 bridgehead atoms. The van der Waals surface area contributed by atoms with Gasteiger partial charge in [0.15, 0.2) is 5.13 Å². The molecule has 1 aliphatic heterocycles. The summed E-state index contributed by atoms with van der Waals surface area (Å²) in [6.07, 6.45) is 2.27. The predicted molar refractivity (Wildman–Crippen MR) is 90.3 cm³/mol. The van der Waals surface area contributed by atoms with Gasteiger partial charge >= 0.3 is 0 Å². The van der Waals surface area contributed by atoms with Crippen molar-refractivity contribution < 1.29 is 9.59 Å². The molecule has 1 atom stereocenters. The number of nitrogens with zero attached hydrogens (tertiary/aromatic N) is 2. The molecule has 0 spiro atoms. The first-order valence-corrected chi connectivity index (χ1v) is 8.53. The van der Waals surface area contributed by atoms with E-state index in [1.165, 1.54) is 11.3 Å². The SMILES string of the molecule is CC(C)CC(C(=O)Nc1nccs1)N1Cc2ccccc2C1=O. The zero-order chi connectivity index (χ0) is 16.4. The number of amides is 2. The number of carbonyl (C=O) groups is 2. The van der Waals surface area contributed by atoms with Crippen LogP contribution in [0.3, 0.4) is 0 Å². The second-order valence-electron chi connectivity index (χ2n) is 6.06. The summed E-state index contributed by atoms with van der Waals surface area (Å²) < 4.78 is 0. The van der Waals surface area contributed by atoms with Gasteiger partial charge < -0.3 is 10.2 Å². The fraction of sp³-hybridized carbons (Fsp3) is 0.353. The lowest BCUT2D eigenvalue weighted by atomic mass is 10.0. The Hall–Kier alpha value is -2.21. The lowest BCUT2D eigenvalue weighted by molar-refractivity contribution is -0.121. The summed E-state index contributed by atoms with van der Waals surface area (Å²) in [5.41, 5.74) is 1.68. The minimum absolute atomic E-state index is 0.0689. The molecule has 2 aromatic rings. The average molecular weight is 329 g/mol. The van der Waals surface area contributed by atoms with Crippen LogP contribution in [0.1, 0.15) is 36.2 Å². The third kappa shape index (κ3) is 3.27. The maximum Gasteiger partial charge on any atom is 0.255 e. The van der Waals surface area contributed by atoms with Gasteiger partial charge in [-0.05, 0) is 24.0 Å². The third-order valence-electron chi connectivity index (χ3n) is 3.89. The van der Waals surface area contributed by atoms with E-state index in [4.69, 9.17) is 0 Å². The number of fused-ring (bicyclic) bond motifs is 1. The quantitative estimate of drug-likeness (QED) is 0.916. The monoisotopic (exact) mass is 329 g/mol. The zero-order valence-electron chi connectivity index (χ0n) is 13.2. The van der Waals surface area contributed by atoms with Gasteiger partial charge in [-0.25, -0.2) is 4.98 Å². The molecule has 5 nitrogen and oxygen atoms in total. The van der Waals surface area contributed by atoms with Crippen molar-refractivity contribution >= 4 is 28.3 Å². The minimum Gasteiger partial charge on any atom is -0.322 e. The predicted octanol–water partition coefficient (Wildman–Crippen LogP) is 3.15. The van der Waals surface area contributed by atoms with Crippen LogP contribution >= 0.6 is 11.3 Å². The number of nitrogens with one attached hydrogen (secondary N) is 1. The van der Waals surface area contributed by atoms with Crippen molar-refractivity contribution in [2.75, 3.05) is 5.32 Å². The normalized spacial score (nSPS) is 14.9. The third-order valence-corrected chi connectivity index (χ3v) is 4.57. The summed E-state index contributed by atoms with van der Waals surface area (Å²) in [6.45, 7) is 4.59. The molecule has 120 valence electrons. The molecule has 2 heterocycles. The number of anilines is 1. The summed E-state index contributed by atoms with van der Waals surface area (Å²) in [6, 6.07) is 7.05. The van der Waals surface area contributed by atoms with Crippen LogP contribution in [-0.2, 0) is 11.3 Å². The van der Waals surface area contributed by atoms with E-state index in [0.29, 0.717) is 29.6 Å². The number of hydrogen-bond acceptors (Lipinski definition) is 4. The summed E-state index contributed by atoms with van der Waals surface area (Å²) in [4.78, 5) is 31.1. The van der Waals surface area contributed by atoms with E-state index < -0.39 is 6.04 Å². The smallest absolute Gasteiger partial charge is 0.255 e. The van der Waals surface area contributed by atoms with Gasteiger partial charge in [0.1, 0.15) is 6.04 Å². The fourth-order valence-electron chi connectivity index (χ4n) is 2.82. The molecule has 1 N–H and O–H groups in total. The van der Waals surface area contributed by atoms with Crippen LogP contribution in [0.2, 0.25) is 0 Å². The van der Waals surface area contributed by atoms with E-state index in [-0.39, 0.29) is 11.8 Å². The highest BCUT2D eigenvalue weighted by molar-refractivity contribution is 7.13. The molecule has 23 heavy (non-hydrogen) atoms. The van der Waals surface area contributed by atoms with Crippen molar-refractivity contribution in [3.05, 3.63) is 47.0 Å². The van der Waals surface area contributed by atoms with Crippen molar-refractivity contribution in [3.63, 3.8) is 0 Å². The van der Waals surface area contributed by atoms with Gasteiger partial charge in [0.05, 0.1) is 0 Å². The maximum absolute atomic E-state index is 12.7. The molecular formula is C17H19N3O2S. The molecule has 2 amide bonds. The van der Waals surface area contributed by atoms with E-state index in [9.17, 15) is 9.59 Å². The second kappa shape index (κ2) is 6.50. The lowest BCUT2D eigenvalue weighted by Crippen LogP contribution is -2.45. The van der Waals surface area contributed by atoms with Crippen LogP contribution < -0.4 is 5.32 Å². The molecule has 1 aliphatic rings. The van der Waals surface area contributed by atoms with Crippen molar-refractivity contribution in [3.8, 4) is 0 Å². The number of carbonyl (C=O) groups excluding carboxylic acids is 2. The van der Waals surface area contributed by atoms with Crippen LogP contribution in [0, 0.1) is 5.92 Å². The molecule has 6 heteroatoms. The molecule has 1 unspecified atom stereocenters. The molecule has 0 radical (unpaired) electrons. The van der Waals surface area contributed by atoms with Crippen LogP contribution in [0.15, 0.2) is 35.8 Å². The highest BCUT2D eigenvalue weighted by atomic mass is 32.1. The van der Waals surface area contributed by atoms with Crippen LogP contribution in [0.5, 0.6) is 0 Å². The molecular weight excluding hydrogens is 310 g/mol. The minimum atomic E-state index is -0.487. The second-order valence-corrected chi connectivity index (χ2v) is 6.96. The highest BCUT2D eigenvalue weighted by Gasteiger charge is 2.36. The summed E-state index contributed by atoms with van der Waals surface area (Å²) in [7, 11) is 0. The number of thiazole rings is 1. The Kier molecular flexibility index (Phi) is 4.43. The van der Waals surface area contributed by atoms with E-state index in [1.54, 1.807) is 11.1 Å². The Balaban J connectivity index is 1.82. The molecule has 3 rings (SSSR count). The Labute approximate surface area is 139 Å². The first-order chi connectivity index (χ1) is 11.1. The topological polar surface area (TPSA) is 62.3 Å². The average Bonchev–Trinajstić information content (AvgIpc) is 3.13. The van der Waals surface area contributed by atoms with Crippen molar-refractivity contribution in [2.24, 2.45) is 5.92 Å². The molecule has 0 saturated heterocycles. The maximum atomic E-state index is 12.7. The molecule has 1 aromatic carbocycles. The van der Waals surface area contributed by atoms with Crippen molar-refractivity contribution in [1.29, 1.82) is 0 Å². The first kappa shape index (κ1) is 15.7. The number of hydrogen-bond donors (Lipinski definition) is 1. The Bertz CT molecular complexity index is 712. The van der Waals surface area contributed by atoms with Gasteiger partial charge in [-0.2, -0.15) is 0 Å². The molecule has 1 aromatic heterocycles. The van der Waals surface area contributed by atoms with Gasteiger partial charge in [-0.3, -0.25) is 9.59 Å². The zero-order valence-corrected chi connectivity index (χ0v) is 14.0. The lowest BCUT2D eigenvalue weighted by Gasteiger charge is -2.27. The summed E-state index contributed by atoms with van der Waals surface area (Å²) in [5.74, 6) is 0.0638. The van der Waals surface area contributed by atoms with E-state index >= 15 is 0 Å². The van der Waals surface area contributed by atoms with Crippen LogP contribution in [0.25, 0.3) is 0 Å². The number of benzene rings is 1. The van der Waals surface area contributed by atoms with Crippen LogP contribution in [0.4, 0.5) is 5.13 Å². The molecule has 0 fully saturated rings. The van der Waals surface area contributed by atoms with E-state index in [1.807, 2.05) is 29.6 Å². The molecule has 0 aliphatic carbocycles. The van der Waals surface area contributed by atoms with Gasteiger partial charge in [-0.1, -0.05) is 32.0 Å². The van der Waals surface area contributed by atoms with Crippen molar-refractivity contribution in [1.82, 2.24) is 9.88 Å². The number of aromatic nitrogens is 1. The van der Waals surface area contributed by atoms with Crippen LogP contribution in [-0.4, -0.2) is 27.7 Å². The Morgan fingerprint density at radius 1 is 1.39 bits per heavy atom. The van der Waals surface area contributed by atoms with Gasteiger partial charge in [0.25, 0.3) is 5.91 Å². The first-order valence-electron chi connectivity index (χ1n) is 7.65. The van der Waals surface area contributed by atoms with Gasteiger partial charge in [0.2, 0.25) is 5.91 Å². The summed E-state index contributed by atoms with van der Waals surface area (Å²) >= 11 is 1.37. The Morgan fingerprint density at radius 2 is 2.17 bits per heavy atom. The standard InChI is InChI=1S/C17H19N3O2S/c1-11(2)9-14(15(21)19-17-18-7-8-23-17)20-10-12-5-3-4-6-13(12)16(20)22/h3-8,11,14H,9-10H2,1-2H3,(H,18,19,21). The molecule has 0 saturated carbocycles. The highest BCUT2D eigenvalue weighted by Crippen LogP contribution is 2.27. The fourth-order valence-corrected chi connectivity index (χ4v) is 3.36. The summed E-state index contributed by atoms with van der Waals surface area (Å²) in [5, 5.41) is 5.20. The number of rotatable bonds is 5. The van der Waals surface area contributed by atoms with Gasteiger partial charge in [-0.15, -0.1) is 11.3 Å². The Morgan fingerprint density at radius 3 is 2.83 bits per heavy atom. The van der Waals surface area contributed by atoms with E-state index in [2.05, 4.69) is 24.1 Å². The van der Waals surface area contributed by atoms with Crippen molar-refractivity contribution in [2.45, 2.75) is 32.9 Å². The van der Waals surface area contributed by atoms with Gasteiger partial charge in [0, 0.05) is 23.7 Å². The largest absolute Gasteiger partial charge is 0.322 e. The van der Waals surface area contributed by atoms with E-state index in [0.717, 1.165) is 5.56 Å².